The molecule has 0 atom stereocenters. The minimum absolute atomic E-state index is 1.11. The van der Waals surface area contributed by atoms with Gasteiger partial charge in [-0.25, -0.2) is 0 Å². The Morgan fingerprint density at radius 3 is 2.10 bits per heavy atom. The van der Waals surface area contributed by atoms with Crippen LogP contribution in [0.5, 0.6) is 0 Å². The van der Waals surface area contributed by atoms with E-state index >= 15 is 0 Å². The normalized spacial score (nSPS) is 15.9. The SMILES string of the molecule is CCCN1C=CC=CC=C1. The highest BCUT2D eigenvalue weighted by molar-refractivity contribution is 5.15. The molecule has 0 N–H and O–H groups in total. The van der Waals surface area contributed by atoms with Gasteiger partial charge in [-0.3, -0.25) is 0 Å². The third-order valence-corrected chi connectivity index (χ3v) is 1.37. The van der Waals surface area contributed by atoms with Crippen molar-refractivity contribution in [1.29, 1.82) is 0 Å². The number of hydrogen-bond acceptors (Lipinski definition) is 1. The number of rotatable bonds is 2. The van der Waals surface area contributed by atoms with Gasteiger partial charge in [0.15, 0.2) is 0 Å². The van der Waals surface area contributed by atoms with Crippen LogP contribution in [0.4, 0.5) is 0 Å². The summed E-state index contributed by atoms with van der Waals surface area (Å²) in [5.41, 5.74) is 0. The fourth-order valence-corrected chi connectivity index (χ4v) is 0.906. The third-order valence-electron chi connectivity index (χ3n) is 1.37. The van der Waals surface area contributed by atoms with Crippen LogP contribution in [-0.4, -0.2) is 11.4 Å². The monoisotopic (exact) mass is 135 g/mol. The summed E-state index contributed by atoms with van der Waals surface area (Å²) in [7, 11) is 0. The van der Waals surface area contributed by atoms with Crippen LogP contribution < -0.4 is 0 Å². The topological polar surface area (TPSA) is 3.24 Å². The zero-order valence-corrected chi connectivity index (χ0v) is 6.33. The molecule has 0 saturated heterocycles. The van der Waals surface area contributed by atoms with Crippen LogP contribution in [-0.2, 0) is 0 Å². The molecule has 1 aliphatic rings. The van der Waals surface area contributed by atoms with Crippen LogP contribution in [0.25, 0.3) is 0 Å². The van der Waals surface area contributed by atoms with Crippen LogP contribution in [0.1, 0.15) is 13.3 Å². The summed E-state index contributed by atoms with van der Waals surface area (Å²) in [5.74, 6) is 0. The predicted molar refractivity (Wildman–Crippen MR) is 44.4 cm³/mol. The van der Waals surface area contributed by atoms with Crippen molar-refractivity contribution in [2.24, 2.45) is 0 Å². The van der Waals surface area contributed by atoms with Gasteiger partial charge in [0.1, 0.15) is 0 Å². The molecule has 0 aromatic carbocycles. The van der Waals surface area contributed by atoms with Gasteiger partial charge in [0.25, 0.3) is 0 Å². The first-order chi connectivity index (χ1) is 4.93. The molecule has 0 aromatic heterocycles. The Balaban J connectivity index is 2.46. The van der Waals surface area contributed by atoms with Gasteiger partial charge in [-0.1, -0.05) is 19.1 Å². The molecule has 0 amide bonds. The van der Waals surface area contributed by atoms with E-state index < -0.39 is 0 Å². The Hall–Kier alpha value is -0.980. The molecule has 0 saturated carbocycles. The molecule has 1 nitrogen and oxygen atoms in total. The molecule has 0 spiro atoms. The molecule has 0 bridgehead atoms. The number of nitrogens with zero attached hydrogens (tertiary/aromatic N) is 1. The average Bonchev–Trinajstić information content (AvgIpc) is 2.17. The lowest BCUT2D eigenvalue weighted by atomic mass is 10.4. The maximum Gasteiger partial charge on any atom is 0.0216 e. The molecule has 0 aliphatic carbocycles. The Kier molecular flexibility index (Phi) is 2.81. The number of hydrogen-bond donors (Lipinski definition) is 0. The van der Waals surface area contributed by atoms with Gasteiger partial charge in [0.2, 0.25) is 0 Å². The van der Waals surface area contributed by atoms with Crippen LogP contribution in [0.3, 0.4) is 0 Å². The summed E-state index contributed by atoms with van der Waals surface area (Å²) in [6.45, 7) is 3.29. The highest BCUT2D eigenvalue weighted by atomic mass is 15.1. The molecular formula is C9H13N. The minimum atomic E-state index is 1.11. The number of allylic oxidation sites excluding steroid dienone is 4. The Morgan fingerprint density at radius 2 is 1.60 bits per heavy atom. The Labute approximate surface area is 62.3 Å². The molecule has 54 valence electrons. The zero-order chi connectivity index (χ0) is 7.23. The third kappa shape index (κ3) is 2.09. The summed E-state index contributed by atoms with van der Waals surface area (Å²) in [6.07, 6.45) is 13.5. The van der Waals surface area contributed by atoms with E-state index in [-0.39, 0.29) is 0 Å². The van der Waals surface area contributed by atoms with Crippen molar-refractivity contribution in [1.82, 2.24) is 4.90 Å². The second-order valence-electron chi connectivity index (χ2n) is 2.31. The zero-order valence-electron chi connectivity index (χ0n) is 6.33. The largest absolute Gasteiger partial charge is 0.354 e. The van der Waals surface area contributed by atoms with Crippen molar-refractivity contribution >= 4 is 0 Å². The van der Waals surface area contributed by atoms with Crippen LogP contribution in [0.15, 0.2) is 36.7 Å². The quantitative estimate of drug-likeness (QED) is 0.561. The van der Waals surface area contributed by atoms with Crippen LogP contribution in [0, 0.1) is 0 Å². The molecule has 1 heterocycles. The van der Waals surface area contributed by atoms with E-state index in [9.17, 15) is 0 Å². The lowest BCUT2D eigenvalue weighted by Gasteiger charge is -2.11. The van der Waals surface area contributed by atoms with E-state index in [0.717, 1.165) is 6.54 Å². The van der Waals surface area contributed by atoms with Gasteiger partial charge < -0.3 is 4.90 Å². The molecule has 1 aliphatic heterocycles. The van der Waals surface area contributed by atoms with Crippen molar-refractivity contribution in [2.45, 2.75) is 13.3 Å². The molecule has 0 radical (unpaired) electrons. The first-order valence-corrected chi connectivity index (χ1v) is 3.71. The van der Waals surface area contributed by atoms with E-state index in [4.69, 9.17) is 0 Å². The smallest absolute Gasteiger partial charge is 0.0216 e. The summed E-state index contributed by atoms with van der Waals surface area (Å²) in [6, 6.07) is 0. The fraction of sp³-hybridized carbons (Fsp3) is 0.333. The summed E-state index contributed by atoms with van der Waals surface area (Å²) in [4.78, 5) is 2.18. The molecule has 1 heteroatoms. The predicted octanol–water partition coefficient (Wildman–Crippen LogP) is 2.30. The lowest BCUT2D eigenvalue weighted by molar-refractivity contribution is 0.502. The minimum Gasteiger partial charge on any atom is -0.354 e. The van der Waals surface area contributed by atoms with Crippen LogP contribution >= 0.6 is 0 Å². The average molecular weight is 135 g/mol. The second kappa shape index (κ2) is 3.94. The van der Waals surface area contributed by atoms with Crippen molar-refractivity contribution in [3.63, 3.8) is 0 Å². The van der Waals surface area contributed by atoms with Crippen molar-refractivity contribution in [3.8, 4) is 0 Å². The van der Waals surface area contributed by atoms with Crippen molar-refractivity contribution in [2.75, 3.05) is 6.54 Å². The first kappa shape index (κ1) is 7.13. The van der Waals surface area contributed by atoms with Gasteiger partial charge in [0.05, 0.1) is 0 Å². The van der Waals surface area contributed by atoms with E-state index in [1.54, 1.807) is 0 Å². The maximum atomic E-state index is 2.18. The maximum absolute atomic E-state index is 2.18. The first-order valence-electron chi connectivity index (χ1n) is 3.71. The molecule has 1 rings (SSSR count). The van der Waals surface area contributed by atoms with E-state index in [1.165, 1.54) is 6.42 Å². The standard InChI is InChI=1S/C9H13N/c1-2-7-10-8-5-3-4-6-9-10/h3-6,8-9H,2,7H2,1H3. The Bertz CT molecular complexity index is 150. The highest BCUT2D eigenvalue weighted by Gasteiger charge is 1.90. The van der Waals surface area contributed by atoms with Crippen LogP contribution in [0.2, 0.25) is 0 Å². The van der Waals surface area contributed by atoms with Crippen molar-refractivity contribution < 1.29 is 0 Å². The second-order valence-corrected chi connectivity index (χ2v) is 2.31. The fourth-order valence-electron chi connectivity index (χ4n) is 0.906. The molecule has 0 unspecified atom stereocenters. The van der Waals surface area contributed by atoms with Gasteiger partial charge in [0, 0.05) is 18.9 Å². The van der Waals surface area contributed by atoms with Gasteiger partial charge in [-0.15, -0.1) is 0 Å². The van der Waals surface area contributed by atoms with Gasteiger partial charge in [-0.2, -0.15) is 0 Å². The lowest BCUT2D eigenvalue weighted by Crippen LogP contribution is -2.09. The molecular weight excluding hydrogens is 122 g/mol. The Morgan fingerprint density at radius 1 is 1.00 bits per heavy atom. The van der Waals surface area contributed by atoms with E-state index in [2.05, 4.69) is 36.4 Å². The van der Waals surface area contributed by atoms with Gasteiger partial charge >= 0.3 is 0 Å². The summed E-state index contributed by atoms with van der Waals surface area (Å²) >= 11 is 0. The van der Waals surface area contributed by atoms with Crippen molar-refractivity contribution in [3.05, 3.63) is 36.7 Å². The molecule has 0 fully saturated rings. The molecule has 10 heavy (non-hydrogen) atoms. The van der Waals surface area contributed by atoms with E-state index in [0.29, 0.717) is 0 Å². The van der Waals surface area contributed by atoms with E-state index in [1.807, 2.05) is 12.2 Å². The summed E-state index contributed by atoms with van der Waals surface area (Å²) in [5, 5.41) is 0. The highest BCUT2D eigenvalue weighted by Crippen LogP contribution is 1.98. The van der Waals surface area contributed by atoms with Gasteiger partial charge in [-0.05, 0) is 18.6 Å². The molecule has 0 aromatic rings. The summed E-state index contributed by atoms with van der Waals surface area (Å²) < 4.78 is 0.